The standard InChI is InChI=1S/C28H22IN3O5/c1-17(2)36-26(33)16-35-24-12-11-18(13-21(24)29)15-30-32-27(25-14-19-7-3-6-10-23(19)37-25)31-22-9-5-4-8-20(22)28(32)34/h3-15,17H,16H2,1-2H3. The highest BCUT2D eigenvalue weighted by Crippen LogP contribution is 2.27. The number of carbonyl (C=O) groups excluding carboxylic acids is 1. The summed E-state index contributed by atoms with van der Waals surface area (Å²) in [6.07, 6.45) is 1.37. The quantitative estimate of drug-likeness (QED) is 0.135. The molecule has 0 fully saturated rings. The SMILES string of the molecule is CC(C)OC(=O)COc1ccc(C=Nn2c(-c3cc4ccccc4o3)nc3ccccc3c2=O)cc1I. The Morgan fingerprint density at radius 1 is 1.11 bits per heavy atom. The van der Waals surface area contributed by atoms with E-state index >= 15 is 0 Å². The van der Waals surface area contributed by atoms with Gasteiger partial charge in [-0.05, 0) is 84.5 Å². The molecule has 0 N–H and O–H groups in total. The normalized spacial score (nSPS) is 11.6. The monoisotopic (exact) mass is 607 g/mol. The first-order valence-electron chi connectivity index (χ1n) is 11.6. The molecule has 0 aliphatic heterocycles. The van der Waals surface area contributed by atoms with Crippen LogP contribution >= 0.6 is 22.6 Å². The second kappa shape index (κ2) is 10.6. The lowest BCUT2D eigenvalue weighted by molar-refractivity contribution is -0.149. The Morgan fingerprint density at radius 2 is 1.89 bits per heavy atom. The van der Waals surface area contributed by atoms with E-state index in [1.165, 1.54) is 4.68 Å². The van der Waals surface area contributed by atoms with E-state index in [4.69, 9.17) is 18.9 Å². The number of nitrogens with zero attached hydrogens (tertiary/aromatic N) is 3. The Labute approximate surface area is 225 Å². The molecule has 0 bridgehead atoms. The van der Waals surface area contributed by atoms with E-state index in [0.29, 0.717) is 33.8 Å². The number of hydrogen-bond donors (Lipinski definition) is 0. The Kier molecular flexibility index (Phi) is 7.04. The van der Waals surface area contributed by atoms with Crippen LogP contribution in [0.2, 0.25) is 0 Å². The van der Waals surface area contributed by atoms with E-state index in [-0.39, 0.29) is 18.3 Å². The van der Waals surface area contributed by atoms with Gasteiger partial charge in [-0.15, -0.1) is 0 Å². The van der Waals surface area contributed by atoms with E-state index < -0.39 is 5.97 Å². The summed E-state index contributed by atoms with van der Waals surface area (Å²) in [5.74, 6) is 0.853. The molecule has 0 aliphatic rings. The first-order chi connectivity index (χ1) is 17.9. The number of carbonyl (C=O) groups is 1. The maximum absolute atomic E-state index is 13.4. The van der Waals surface area contributed by atoms with E-state index in [1.54, 1.807) is 50.4 Å². The molecule has 3 aromatic carbocycles. The lowest BCUT2D eigenvalue weighted by atomic mass is 10.2. The zero-order valence-electron chi connectivity index (χ0n) is 20.1. The van der Waals surface area contributed by atoms with Crippen LogP contribution in [0.5, 0.6) is 5.75 Å². The van der Waals surface area contributed by atoms with Gasteiger partial charge in [0.05, 0.1) is 26.8 Å². The second-order valence-electron chi connectivity index (χ2n) is 8.48. The zero-order chi connectivity index (χ0) is 25.9. The van der Waals surface area contributed by atoms with Crippen molar-refractivity contribution in [3.8, 4) is 17.3 Å². The second-order valence-corrected chi connectivity index (χ2v) is 9.64. The van der Waals surface area contributed by atoms with Gasteiger partial charge in [0.2, 0.25) is 5.82 Å². The van der Waals surface area contributed by atoms with Crippen molar-refractivity contribution >= 4 is 56.6 Å². The number of aromatic nitrogens is 2. The van der Waals surface area contributed by atoms with E-state index in [9.17, 15) is 9.59 Å². The number of benzene rings is 3. The van der Waals surface area contributed by atoms with Crippen molar-refractivity contribution < 1.29 is 18.7 Å². The van der Waals surface area contributed by atoms with Gasteiger partial charge >= 0.3 is 5.97 Å². The van der Waals surface area contributed by atoms with Gasteiger partial charge in [0.1, 0.15) is 11.3 Å². The first kappa shape index (κ1) is 24.7. The fourth-order valence-electron chi connectivity index (χ4n) is 3.75. The molecule has 0 unspecified atom stereocenters. The predicted octanol–water partition coefficient (Wildman–Crippen LogP) is 5.63. The van der Waals surface area contributed by atoms with Crippen molar-refractivity contribution in [2.24, 2.45) is 5.10 Å². The van der Waals surface area contributed by atoms with Crippen LogP contribution in [0.1, 0.15) is 19.4 Å². The number of ether oxygens (including phenoxy) is 2. The summed E-state index contributed by atoms with van der Waals surface area (Å²) < 4.78 is 18.7. The summed E-state index contributed by atoms with van der Waals surface area (Å²) in [6, 6.07) is 21.9. The lowest BCUT2D eigenvalue weighted by Gasteiger charge is -2.11. The van der Waals surface area contributed by atoms with Crippen LogP contribution in [-0.4, -0.2) is 34.6 Å². The highest BCUT2D eigenvalue weighted by atomic mass is 127. The van der Waals surface area contributed by atoms with Crippen molar-refractivity contribution in [1.29, 1.82) is 0 Å². The fourth-order valence-corrected chi connectivity index (χ4v) is 4.45. The summed E-state index contributed by atoms with van der Waals surface area (Å²) >= 11 is 2.12. The van der Waals surface area contributed by atoms with Crippen LogP contribution < -0.4 is 10.3 Å². The molecule has 0 amide bonds. The van der Waals surface area contributed by atoms with Crippen molar-refractivity contribution in [2.45, 2.75) is 20.0 Å². The Bertz CT molecular complexity index is 1670. The number of fused-ring (bicyclic) bond motifs is 2. The molecule has 0 aliphatic carbocycles. The largest absolute Gasteiger partial charge is 0.481 e. The molecule has 2 heterocycles. The maximum Gasteiger partial charge on any atom is 0.344 e. The molecule has 9 heteroatoms. The van der Waals surface area contributed by atoms with Gasteiger partial charge < -0.3 is 13.9 Å². The van der Waals surface area contributed by atoms with Crippen LogP contribution in [0, 0.1) is 3.57 Å². The summed E-state index contributed by atoms with van der Waals surface area (Å²) in [4.78, 5) is 29.9. The van der Waals surface area contributed by atoms with Crippen LogP contribution in [-0.2, 0) is 9.53 Å². The number of halogens is 1. The summed E-state index contributed by atoms with van der Waals surface area (Å²) in [7, 11) is 0. The zero-order valence-corrected chi connectivity index (χ0v) is 22.2. The number of hydrogen-bond acceptors (Lipinski definition) is 7. The topological polar surface area (TPSA) is 95.9 Å². The average molecular weight is 607 g/mol. The molecule has 5 rings (SSSR count). The van der Waals surface area contributed by atoms with Gasteiger partial charge in [-0.1, -0.05) is 30.3 Å². The molecule has 2 aromatic heterocycles. The minimum Gasteiger partial charge on any atom is -0.481 e. The predicted molar refractivity (Wildman–Crippen MR) is 150 cm³/mol. The van der Waals surface area contributed by atoms with Crippen LogP contribution in [0.15, 0.2) is 87.1 Å². The van der Waals surface area contributed by atoms with E-state index in [2.05, 4.69) is 27.7 Å². The highest BCUT2D eigenvalue weighted by Gasteiger charge is 2.16. The number of furan rings is 1. The van der Waals surface area contributed by atoms with Gasteiger partial charge in [-0.2, -0.15) is 9.78 Å². The Hall–Kier alpha value is -3.99. The number of esters is 1. The van der Waals surface area contributed by atoms with Crippen molar-refractivity contribution in [3.63, 3.8) is 0 Å². The highest BCUT2D eigenvalue weighted by molar-refractivity contribution is 14.1. The maximum atomic E-state index is 13.4. The third kappa shape index (κ3) is 5.41. The minimum absolute atomic E-state index is 0.180. The molecule has 0 radical (unpaired) electrons. The summed E-state index contributed by atoms with van der Waals surface area (Å²) in [6.45, 7) is 3.39. The molecule has 0 saturated heterocycles. The van der Waals surface area contributed by atoms with E-state index in [1.807, 2.05) is 42.5 Å². The third-order valence-corrected chi connectivity index (χ3v) is 6.23. The average Bonchev–Trinajstić information content (AvgIpc) is 3.31. The van der Waals surface area contributed by atoms with Crippen LogP contribution in [0.4, 0.5) is 0 Å². The fraction of sp³-hybridized carbons (Fsp3) is 0.143. The summed E-state index contributed by atoms with van der Waals surface area (Å²) in [5.41, 5.74) is 1.67. The molecular weight excluding hydrogens is 585 g/mol. The number of rotatable bonds is 7. The molecule has 0 atom stereocenters. The first-order valence-corrected chi connectivity index (χ1v) is 12.6. The smallest absolute Gasteiger partial charge is 0.344 e. The third-order valence-electron chi connectivity index (χ3n) is 5.39. The van der Waals surface area contributed by atoms with Crippen LogP contribution in [0.25, 0.3) is 33.5 Å². The van der Waals surface area contributed by atoms with Gasteiger partial charge in [0.25, 0.3) is 5.56 Å². The Balaban J connectivity index is 1.49. The molecule has 0 spiro atoms. The van der Waals surface area contributed by atoms with Crippen molar-refractivity contribution in [1.82, 2.24) is 9.66 Å². The minimum atomic E-state index is -0.433. The molecule has 186 valence electrons. The van der Waals surface area contributed by atoms with Gasteiger partial charge in [-0.3, -0.25) is 4.79 Å². The molecule has 5 aromatic rings. The molecular formula is C28H22IN3O5. The van der Waals surface area contributed by atoms with Gasteiger partial charge in [0, 0.05) is 5.39 Å². The Morgan fingerprint density at radius 3 is 2.68 bits per heavy atom. The summed E-state index contributed by atoms with van der Waals surface area (Å²) in [5, 5.41) is 5.84. The number of para-hydroxylation sites is 2. The molecule has 8 nitrogen and oxygen atoms in total. The van der Waals surface area contributed by atoms with Crippen molar-refractivity contribution in [3.05, 3.63) is 92.3 Å². The van der Waals surface area contributed by atoms with Crippen LogP contribution in [0.3, 0.4) is 0 Å². The van der Waals surface area contributed by atoms with E-state index in [0.717, 1.165) is 14.5 Å². The van der Waals surface area contributed by atoms with Crippen molar-refractivity contribution in [2.75, 3.05) is 6.61 Å². The molecule has 37 heavy (non-hydrogen) atoms. The van der Waals surface area contributed by atoms with Gasteiger partial charge in [0.15, 0.2) is 12.4 Å². The van der Waals surface area contributed by atoms with Gasteiger partial charge in [-0.25, -0.2) is 9.78 Å². The lowest BCUT2D eigenvalue weighted by Crippen LogP contribution is -2.20. The molecule has 0 saturated carbocycles.